The molecule has 2 aromatic heterocycles. The summed E-state index contributed by atoms with van der Waals surface area (Å²) in [5.41, 5.74) is 3.09. The van der Waals surface area contributed by atoms with E-state index in [0.29, 0.717) is 59.1 Å². The summed E-state index contributed by atoms with van der Waals surface area (Å²) in [7, 11) is -4.74. The first-order chi connectivity index (χ1) is 32.0. The first-order valence-electron chi connectivity index (χ1n) is 21.3. The van der Waals surface area contributed by atoms with E-state index in [-0.39, 0.29) is 34.0 Å². The Kier molecular flexibility index (Phi) is 18.3. The lowest BCUT2D eigenvalue weighted by molar-refractivity contribution is -0.432. The van der Waals surface area contributed by atoms with Crippen LogP contribution < -0.4 is 31.9 Å². The third-order valence-corrected chi connectivity index (χ3v) is 11.5. The predicted octanol–water partition coefficient (Wildman–Crippen LogP) is 8.38. The van der Waals surface area contributed by atoms with Crippen molar-refractivity contribution >= 4 is 92.8 Å². The van der Waals surface area contributed by atoms with Crippen molar-refractivity contribution < 1.29 is 27.6 Å². The van der Waals surface area contributed by atoms with E-state index in [4.69, 9.17) is 9.59 Å². The molecule has 6 aromatic rings. The van der Waals surface area contributed by atoms with E-state index in [1.807, 2.05) is 60.7 Å². The topological polar surface area (TPSA) is 249 Å². The number of aromatic nitrogens is 6. The second-order valence-corrected chi connectivity index (χ2v) is 16.4. The Labute approximate surface area is 388 Å². The Morgan fingerprint density at radius 3 is 1.41 bits per heavy atom. The summed E-state index contributed by atoms with van der Waals surface area (Å²) in [5, 5.41) is 32.2. The SMILES string of the molecule is CCN(CC)CCNc1nc(Nc2ccccc2)nc(Nc2ccc(C=Cc3ccc(Nc4nc(NCCN(CC)CC)nc(Nc5ccccc5)n4)cc3S(=O)(=O)O)c(SOOO)c2)n1. The molecule has 20 nitrogen and oxygen atoms in total. The maximum atomic E-state index is 12.8. The Hall–Kier alpha value is -6.50. The van der Waals surface area contributed by atoms with Gasteiger partial charge in [0, 0.05) is 53.8 Å². The molecular formula is C44H54N14O6S2. The molecule has 0 amide bonds. The molecule has 0 bridgehead atoms. The van der Waals surface area contributed by atoms with Gasteiger partial charge in [-0.1, -0.05) is 93.4 Å². The molecule has 0 spiro atoms. The molecule has 0 aliphatic heterocycles. The zero-order chi connectivity index (χ0) is 46.7. The molecule has 22 heteroatoms. The van der Waals surface area contributed by atoms with Crippen LogP contribution in [0, 0.1) is 0 Å². The summed E-state index contributed by atoms with van der Waals surface area (Å²) in [6.45, 7) is 14.8. The third kappa shape index (κ3) is 15.0. The van der Waals surface area contributed by atoms with Gasteiger partial charge in [0.15, 0.2) is 0 Å². The van der Waals surface area contributed by atoms with Crippen LogP contribution in [0.2, 0.25) is 0 Å². The lowest BCUT2D eigenvalue weighted by atomic mass is 10.1. The van der Waals surface area contributed by atoms with Gasteiger partial charge in [-0.2, -0.15) is 38.3 Å². The number of benzene rings is 4. The zero-order valence-corrected chi connectivity index (χ0v) is 38.6. The second kappa shape index (κ2) is 24.7. The highest BCUT2D eigenvalue weighted by Crippen LogP contribution is 2.32. The van der Waals surface area contributed by atoms with Gasteiger partial charge in [0.05, 0.1) is 12.0 Å². The van der Waals surface area contributed by atoms with Gasteiger partial charge in [-0.05, 0) is 85.8 Å². The van der Waals surface area contributed by atoms with Crippen molar-refractivity contribution in [1.29, 1.82) is 0 Å². The zero-order valence-electron chi connectivity index (χ0n) is 37.0. The second-order valence-electron chi connectivity index (χ2n) is 14.3. The van der Waals surface area contributed by atoms with Crippen LogP contribution in [0.15, 0.2) is 107 Å². The van der Waals surface area contributed by atoms with Crippen LogP contribution in [-0.4, -0.2) is 110 Å². The number of nitrogens with one attached hydrogen (secondary N) is 6. The average molecular weight is 939 g/mol. The van der Waals surface area contributed by atoms with Crippen LogP contribution >= 0.6 is 12.0 Å². The Bertz CT molecular complexity index is 2610. The van der Waals surface area contributed by atoms with Crippen molar-refractivity contribution in [2.24, 2.45) is 0 Å². The summed E-state index contributed by atoms with van der Waals surface area (Å²) in [5.74, 6) is 1.60. The minimum absolute atomic E-state index is 0.128. The standard InChI is InChI=1S/C44H54N14O6S2/c1-5-57(6-2)27-25-45-39-51-41(47-33-15-11-9-12-16-33)55-43(53-39)49-35-23-21-31(37(29-35)65-64-63-59)19-20-32-22-24-36(30-38(32)66(60,61)62)50-44-54-40(46-26-28-58(7-3)8-4)52-42(56-44)48-34-17-13-10-14-18-34/h9-24,29-30,59H,5-8,25-28H2,1-4H3,(H,60,61,62)(H3,45,47,49,51,53,55)(H3,46,48,50,52,54,56). The van der Waals surface area contributed by atoms with E-state index in [2.05, 4.69) is 104 Å². The Morgan fingerprint density at radius 2 is 0.970 bits per heavy atom. The lowest BCUT2D eigenvalue weighted by Gasteiger charge is -2.18. The molecule has 0 radical (unpaired) electrons. The van der Waals surface area contributed by atoms with Crippen LogP contribution in [0.1, 0.15) is 38.8 Å². The predicted molar refractivity (Wildman–Crippen MR) is 261 cm³/mol. The van der Waals surface area contributed by atoms with Crippen LogP contribution in [0.4, 0.5) is 58.4 Å². The molecule has 0 unspecified atom stereocenters. The van der Waals surface area contributed by atoms with Crippen molar-refractivity contribution in [1.82, 2.24) is 39.7 Å². The highest BCUT2D eigenvalue weighted by molar-refractivity contribution is 7.94. The Morgan fingerprint density at radius 1 is 0.561 bits per heavy atom. The number of para-hydroxylation sites is 2. The molecular weight excluding hydrogens is 885 g/mol. The highest BCUT2D eigenvalue weighted by atomic mass is 32.2. The number of anilines is 10. The molecule has 0 aliphatic rings. The third-order valence-electron chi connectivity index (χ3n) is 9.96. The Balaban J connectivity index is 1.24. The largest absolute Gasteiger partial charge is 0.353 e. The van der Waals surface area contributed by atoms with Crippen LogP contribution in [0.5, 0.6) is 0 Å². The molecule has 6 rings (SSSR count). The fourth-order valence-electron chi connectivity index (χ4n) is 6.45. The maximum Gasteiger partial charge on any atom is 0.295 e. The van der Waals surface area contributed by atoms with Crippen molar-refractivity contribution in [2.45, 2.75) is 37.5 Å². The molecule has 0 fully saturated rings. The van der Waals surface area contributed by atoms with E-state index in [0.717, 1.165) is 50.6 Å². The molecule has 4 aromatic carbocycles. The van der Waals surface area contributed by atoms with E-state index in [1.54, 1.807) is 30.3 Å². The number of hydrogen-bond acceptors (Lipinski definition) is 20. The minimum atomic E-state index is -4.74. The molecule has 66 heavy (non-hydrogen) atoms. The van der Waals surface area contributed by atoms with Gasteiger partial charge >= 0.3 is 0 Å². The fourth-order valence-corrected chi connectivity index (χ4v) is 7.67. The summed E-state index contributed by atoms with van der Waals surface area (Å²) < 4.78 is 40.9. The summed E-state index contributed by atoms with van der Waals surface area (Å²) in [4.78, 5) is 32.0. The molecule has 2 heterocycles. The van der Waals surface area contributed by atoms with Gasteiger partial charge in [0.1, 0.15) is 4.90 Å². The first-order valence-corrected chi connectivity index (χ1v) is 23.4. The number of hydrogen-bond donors (Lipinski definition) is 8. The first kappa shape index (κ1) is 48.9. The molecule has 8 N–H and O–H groups in total. The van der Waals surface area contributed by atoms with Crippen molar-refractivity contribution in [3.8, 4) is 0 Å². The van der Waals surface area contributed by atoms with Crippen molar-refractivity contribution in [3.05, 3.63) is 108 Å². The molecule has 0 atom stereocenters. The van der Waals surface area contributed by atoms with Gasteiger partial charge in [-0.25, -0.2) is 5.26 Å². The number of rotatable bonds is 26. The summed E-state index contributed by atoms with van der Waals surface area (Å²) in [6, 6.07) is 28.5. The van der Waals surface area contributed by atoms with E-state index in [9.17, 15) is 13.0 Å². The van der Waals surface area contributed by atoms with E-state index >= 15 is 0 Å². The molecule has 0 saturated heterocycles. The average Bonchev–Trinajstić information content (AvgIpc) is 3.31. The normalized spacial score (nSPS) is 11.6. The fraction of sp³-hybridized carbons (Fsp3) is 0.273. The quantitative estimate of drug-likeness (QED) is 0.00836. The van der Waals surface area contributed by atoms with Gasteiger partial charge < -0.3 is 41.7 Å². The van der Waals surface area contributed by atoms with Gasteiger partial charge in [0.25, 0.3) is 10.1 Å². The smallest absolute Gasteiger partial charge is 0.295 e. The molecule has 0 saturated carbocycles. The highest BCUT2D eigenvalue weighted by Gasteiger charge is 2.17. The summed E-state index contributed by atoms with van der Waals surface area (Å²) >= 11 is 0.702. The van der Waals surface area contributed by atoms with E-state index < -0.39 is 10.1 Å². The number of nitrogens with zero attached hydrogens (tertiary/aromatic N) is 8. The van der Waals surface area contributed by atoms with Gasteiger partial charge in [-0.15, -0.1) is 4.33 Å². The summed E-state index contributed by atoms with van der Waals surface area (Å²) in [6.07, 6.45) is 3.14. The number of likely N-dealkylation sites (N-methyl/N-ethyl adjacent to an activating group) is 2. The van der Waals surface area contributed by atoms with Crippen LogP contribution in [-0.2, 0) is 19.5 Å². The molecule has 0 aliphatic carbocycles. The minimum Gasteiger partial charge on any atom is -0.353 e. The van der Waals surface area contributed by atoms with Gasteiger partial charge in [0.2, 0.25) is 35.7 Å². The van der Waals surface area contributed by atoms with E-state index in [1.165, 1.54) is 18.2 Å². The van der Waals surface area contributed by atoms with Gasteiger partial charge in [-0.3, -0.25) is 4.55 Å². The van der Waals surface area contributed by atoms with Crippen LogP contribution in [0.3, 0.4) is 0 Å². The maximum absolute atomic E-state index is 12.8. The monoisotopic (exact) mass is 938 g/mol. The van der Waals surface area contributed by atoms with Crippen molar-refractivity contribution in [2.75, 3.05) is 84.3 Å². The van der Waals surface area contributed by atoms with Crippen LogP contribution in [0.25, 0.3) is 12.2 Å². The molecule has 348 valence electrons. The van der Waals surface area contributed by atoms with Crippen molar-refractivity contribution in [3.63, 3.8) is 0 Å². The lowest BCUT2D eigenvalue weighted by Crippen LogP contribution is -2.29.